The molecule has 0 aliphatic heterocycles. The van der Waals surface area contributed by atoms with Crippen LogP contribution < -0.4 is 4.74 Å². The van der Waals surface area contributed by atoms with E-state index in [1.165, 1.54) is 7.11 Å². The number of benzene rings is 1. The highest BCUT2D eigenvalue weighted by Gasteiger charge is 2.02. The molecule has 1 aromatic heterocycles. The summed E-state index contributed by atoms with van der Waals surface area (Å²) in [4.78, 5) is 18.8. The van der Waals surface area contributed by atoms with E-state index < -0.39 is 0 Å². The van der Waals surface area contributed by atoms with Crippen LogP contribution in [-0.4, -0.2) is 23.4 Å². The van der Waals surface area contributed by atoms with Crippen molar-refractivity contribution in [2.75, 3.05) is 7.11 Å². The molecule has 0 N–H and O–H groups in total. The van der Waals surface area contributed by atoms with Gasteiger partial charge in [0.15, 0.2) is 0 Å². The highest BCUT2D eigenvalue weighted by molar-refractivity contribution is 5.78. The molecule has 0 aliphatic rings. The van der Waals surface area contributed by atoms with Gasteiger partial charge in [-0.25, -0.2) is 4.98 Å². The third-order valence-corrected chi connectivity index (χ3v) is 2.13. The standard InChI is InChI=1S/C12H10N2O2/c1-16-12-13-6-5-11(14-12)10-4-2-3-9(7-10)8-15/h2-8H,1H3. The highest BCUT2D eigenvalue weighted by Crippen LogP contribution is 2.18. The van der Waals surface area contributed by atoms with Crippen LogP contribution in [0.25, 0.3) is 11.3 Å². The van der Waals surface area contributed by atoms with Gasteiger partial charge in [0.1, 0.15) is 6.29 Å². The normalized spacial score (nSPS) is 9.81. The van der Waals surface area contributed by atoms with E-state index in [0.29, 0.717) is 11.6 Å². The third kappa shape index (κ3) is 2.06. The molecule has 0 unspecified atom stereocenters. The second kappa shape index (κ2) is 4.53. The number of ether oxygens (including phenoxy) is 1. The van der Waals surface area contributed by atoms with Crippen molar-refractivity contribution in [1.29, 1.82) is 0 Å². The largest absolute Gasteiger partial charge is 0.467 e. The lowest BCUT2D eigenvalue weighted by molar-refractivity contribution is 0.112. The average molecular weight is 214 g/mol. The van der Waals surface area contributed by atoms with E-state index in [-0.39, 0.29) is 0 Å². The van der Waals surface area contributed by atoms with Gasteiger partial charge in [-0.15, -0.1) is 0 Å². The maximum Gasteiger partial charge on any atom is 0.316 e. The van der Waals surface area contributed by atoms with Gasteiger partial charge in [0.2, 0.25) is 0 Å². The number of carbonyl (C=O) groups excluding carboxylic acids is 1. The van der Waals surface area contributed by atoms with Gasteiger partial charge < -0.3 is 4.74 Å². The van der Waals surface area contributed by atoms with Crippen molar-refractivity contribution in [3.05, 3.63) is 42.1 Å². The smallest absolute Gasteiger partial charge is 0.316 e. The summed E-state index contributed by atoms with van der Waals surface area (Å²) >= 11 is 0. The zero-order valence-electron chi connectivity index (χ0n) is 8.75. The van der Waals surface area contributed by atoms with Gasteiger partial charge in [0, 0.05) is 17.3 Å². The van der Waals surface area contributed by atoms with Gasteiger partial charge >= 0.3 is 6.01 Å². The minimum absolute atomic E-state index is 0.314. The number of aldehydes is 1. The van der Waals surface area contributed by atoms with E-state index in [4.69, 9.17) is 4.74 Å². The molecule has 2 rings (SSSR count). The van der Waals surface area contributed by atoms with Crippen molar-refractivity contribution in [3.63, 3.8) is 0 Å². The van der Waals surface area contributed by atoms with Crippen LogP contribution in [0.5, 0.6) is 6.01 Å². The molecule has 0 saturated carbocycles. The number of nitrogens with zero attached hydrogens (tertiary/aromatic N) is 2. The fraction of sp³-hybridized carbons (Fsp3) is 0.0833. The van der Waals surface area contributed by atoms with Crippen molar-refractivity contribution in [2.24, 2.45) is 0 Å². The molecule has 0 amide bonds. The first-order valence-corrected chi connectivity index (χ1v) is 4.76. The van der Waals surface area contributed by atoms with Crippen LogP contribution in [0.1, 0.15) is 10.4 Å². The Kier molecular flexibility index (Phi) is 2.91. The Morgan fingerprint density at radius 2 is 2.19 bits per heavy atom. The lowest BCUT2D eigenvalue weighted by Crippen LogP contribution is -1.93. The van der Waals surface area contributed by atoms with Gasteiger partial charge in [0.25, 0.3) is 0 Å². The van der Waals surface area contributed by atoms with Crippen molar-refractivity contribution >= 4 is 6.29 Å². The Balaban J connectivity index is 2.45. The Bertz CT molecular complexity index is 512. The molecule has 1 aromatic carbocycles. The van der Waals surface area contributed by atoms with Gasteiger partial charge in [0.05, 0.1) is 12.8 Å². The first kappa shape index (κ1) is 10.3. The Morgan fingerprint density at radius 1 is 1.31 bits per heavy atom. The lowest BCUT2D eigenvalue weighted by Gasteiger charge is -2.02. The topological polar surface area (TPSA) is 52.1 Å². The molecule has 80 valence electrons. The molecule has 0 bridgehead atoms. The van der Waals surface area contributed by atoms with Crippen molar-refractivity contribution in [3.8, 4) is 17.3 Å². The fourth-order valence-corrected chi connectivity index (χ4v) is 1.37. The molecule has 0 aliphatic carbocycles. The van der Waals surface area contributed by atoms with Crippen LogP contribution in [0.4, 0.5) is 0 Å². The number of methoxy groups -OCH3 is 1. The molecule has 0 atom stereocenters. The summed E-state index contributed by atoms with van der Waals surface area (Å²) in [6.45, 7) is 0. The average Bonchev–Trinajstić information content (AvgIpc) is 2.39. The lowest BCUT2D eigenvalue weighted by atomic mass is 10.1. The fourth-order valence-electron chi connectivity index (χ4n) is 1.37. The van der Waals surface area contributed by atoms with E-state index in [2.05, 4.69) is 9.97 Å². The van der Waals surface area contributed by atoms with Crippen molar-refractivity contribution < 1.29 is 9.53 Å². The summed E-state index contributed by atoms with van der Waals surface area (Å²) in [7, 11) is 1.51. The van der Waals surface area contributed by atoms with Crippen LogP contribution in [0.2, 0.25) is 0 Å². The summed E-state index contributed by atoms with van der Waals surface area (Å²) in [6.07, 6.45) is 2.43. The van der Waals surface area contributed by atoms with Crippen molar-refractivity contribution in [1.82, 2.24) is 9.97 Å². The first-order chi connectivity index (χ1) is 7.83. The van der Waals surface area contributed by atoms with Crippen LogP contribution in [-0.2, 0) is 0 Å². The molecular formula is C12H10N2O2. The maximum atomic E-state index is 10.7. The molecule has 16 heavy (non-hydrogen) atoms. The quantitative estimate of drug-likeness (QED) is 0.733. The Morgan fingerprint density at radius 3 is 2.94 bits per heavy atom. The second-order valence-electron chi connectivity index (χ2n) is 3.17. The minimum Gasteiger partial charge on any atom is -0.467 e. The number of hydrogen-bond acceptors (Lipinski definition) is 4. The molecule has 4 heteroatoms. The first-order valence-electron chi connectivity index (χ1n) is 4.76. The minimum atomic E-state index is 0.314. The molecular weight excluding hydrogens is 204 g/mol. The van der Waals surface area contributed by atoms with Crippen LogP contribution in [0.3, 0.4) is 0 Å². The number of rotatable bonds is 3. The predicted molar refractivity (Wildman–Crippen MR) is 59.4 cm³/mol. The summed E-state index contributed by atoms with van der Waals surface area (Å²) in [5.41, 5.74) is 2.22. The zero-order chi connectivity index (χ0) is 11.4. The molecule has 0 radical (unpaired) electrons. The molecule has 4 nitrogen and oxygen atoms in total. The molecule has 0 fully saturated rings. The summed E-state index contributed by atoms with van der Waals surface area (Å²) in [5, 5.41) is 0. The summed E-state index contributed by atoms with van der Waals surface area (Å²) in [6, 6.07) is 9.30. The molecule has 2 aromatic rings. The third-order valence-electron chi connectivity index (χ3n) is 2.13. The highest BCUT2D eigenvalue weighted by atomic mass is 16.5. The SMILES string of the molecule is COc1nccc(-c2cccc(C=O)c2)n1. The second-order valence-corrected chi connectivity index (χ2v) is 3.17. The van der Waals surface area contributed by atoms with Crippen LogP contribution >= 0.6 is 0 Å². The van der Waals surface area contributed by atoms with Crippen LogP contribution in [0.15, 0.2) is 36.5 Å². The molecule has 1 heterocycles. The van der Waals surface area contributed by atoms with Crippen LogP contribution in [0, 0.1) is 0 Å². The van der Waals surface area contributed by atoms with E-state index in [1.54, 1.807) is 24.4 Å². The zero-order valence-corrected chi connectivity index (χ0v) is 8.75. The number of carbonyl (C=O) groups is 1. The number of hydrogen-bond donors (Lipinski definition) is 0. The monoisotopic (exact) mass is 214 g/mol. The summed E-state index contributed by atoms with van der Waals surface area (Å²) in [5.74, 6) is 0. The summed E-state index contributed by atoms with van der Waals surface area (Å²) < 4.78 is 4.94. The van der Waals surface area contributed by atoms with E-state index in [9.17, 15) is 4.79 Å². The molecule has 0 saturated heterocycles. The van der Waals surface area contributed by atoms with Gasteiger partial charge in [-0.05, 0) is 12.1 Å². The Labute approximate surface area is 92.9 Å². The maximum absolute atomic E-state index is 10.7. The van der Waals surface area contributed by atoms with E-state index >= 15 is 0 Å². The molecule has 0 spiro atoms. The van der Waals surface area contributed by atoms with E-state index in [0.717, 1.165) is 17.5 Å². The van der Waals surface area contributed by atoms with Crippen molar-refractivity contribution in [2.45, 2.75) is 0 Å². The van der Waals surface area contributed by atoms with E-state index in [1.807, 2.05) is 12.1 Å². The van der Waals surface area contributed by atoms with Gasteiger partial charge in [-0.1, -0.05) is 18.2 Å². The van der Waals surface area contributed by atoms with Gasteiger partial charge in [-0.3, -0.25) is 4.79 Å². The number of aromatic nitrogens is 2. The van der Waals surface area contributed by atoms with Gasteiger partial charge in [-0.2, -0.15) is 4.98 Å². The predicted octanol–water partition coefficient (Wildman–Crippen LogP) is 1.96. The Hall–Kier alpha value is -2.23.